The molecule has 1 N–H and O–H groups in total. The van der Waals surface area contributed by atoms with E-state index in [1.54, 1.807) is 0 Å². The molecule has 0 aromatic heterocycles. The Morgan fingerprint density at radius 1 is 1.29 bits per heavy atom. The summed E-state index contributed by atoms with van der Waals surface area (Å²) in [7, 11) is 0. The topological polar surface area (TPSA) is 15.3 Å². The highest BCUT2D eigenvalue weighted by Gasteiger charge is 2.46. The van der Waals surface area contributed by atoms with Crippen molar-refractivity contribution in [2.24, 2.45) is 11.3 Å². The van der Waals surface area contributed by atoms with Gasteiger partial charge in [-0.3, -0.25) is 0 Å². The van der Waals surface area contributed by atoms with Crippen molar-refractivity contribution in [1.82, 2.24) is 10.2 Å². The van der Waals surface area contributed by atoms with Crippen LogP contribution in [0.15, 0.2) is 0 Å². The Morgan fingerprint density at radius 3 is 2.35 bits per heavy atom. The van der Waals surface area contributed by atoms with Crippen LogP contribution in [0.1, 0.15) is 53.4 Å². The van der Waals surface area contributed by atoms with Gasteiger partial charge in [-0.1, -0.05) is 20.8 Å². The van der Waals surface area contributed by atoms with Crippen molar-refractivity contribution in [2.45, 2.75) is 65.5 Å². The third kappa shape index (κ3) is 3.45. The van der Waals surface area contributed by atoms with Crippen molar-refractivity contribution in [2.75, 3.05) is 19.6 Å². The molecule has 2 rings (SSSR count). The number of hydrogen-bond acceptors (Lipinski definition) is 2. The highest BCUT2D eigenvalue weighted by Crippen LogP contribution is 2.45. The predicted molar refractivity (Wildman–Crippen MR) is 74.2 cm³/mol. The SMILES string of the molecule is CCCN1CCC(C(C)NC2CC2(C)C)CC1. The molecule has 1 saturated heterocycles. The van der Waals surface area contributed by atoms with Gasteiger partial charge in [-0.05, 0) is 63.6 Å². The molecule has 0 bridgehead atoms. The third-order valence-corrected chi connectivity index (χ3v) is 4.86. The molecular formula is C15H30N2. The molecule has 0 aromatic rings. The van der Waals surface area contributed by atoms with Crippen LogP contribution < -0.4 is 5.32 Å². The molecule has 0 aromatic carbocycles. The number of rotatable bonds is 5. The first-order chi connectivity index (χ1) is 8.03. The minimum Gasteiger partial charge on any atom is -0.311 e. The predicted octanol–water partition coefficient (Wildman–Crippen LogP) is 2.89. The highest BCUT2D eigenvalue weighted by molar-refractivity contribution is 5.03. The average molecular weight is 238 g/mol. The lowest BCUT2D eigenvalue weighted by molar-refractivity contribution is 0.161. The summed E-state index contributed by atoms with van der Waals surface area (Å²) in [5.41, 5.74) is 0.567. The minimum absolute atomic E-state index is 0.567. The van der Waals surface area contributed by atoms with Crippen molar-refractivity contribution < 1.29 is 0 Å². The largest absolute Gasteiger partial charge is 0.311 e. The van der Waals surface area contributed by atoms with E-state index in [9.17, 15) is 0 Å². The van der Waals surface area contributed by atoms with Crippen molar-refractivity contribution >= 4 is 0 Å². The quantitative estimate of drug-likeness (QED) is 0.792. The zero-order chi connectivity index (χ0) is 12.5. The number of piperidine rings is 1. The Hall–Kier alpha value is -0.0800. The molecule has 1 heterocycles. The van der Waals surface area contributed by atoms with Gasteiger partial charge in [-0.15, -0.1) is 0 Å². The lowest BCUT2D eigenvalue weighted by Gasteiger charge is -2.35. The summed E-state index contributed by atoms with van der Waals surface area (Å²) in [4.78, 5) is 2.63. The summed E-state index contributed by atoms with van der Waals surface area (Å²) < 4.78 is 0. The van der Waals surface area contributed by atoms with Gasteiger partial charge < -0.3 is 10.2 Å². The molecule has 2 nitrogen and oxygen atoms in total. The molecule has 2 atom stereocenters. The van der Waals surface area contributed by atoms with Crippen molar-refractivity contribution in [3.05, 3.63) is 0 Å². The van der Waals surface area contributed by atoms with Gasteiger partial charge in [0, 0.05) is 12.1 Å². The van der Waals surface area contributed by atoms with E-state index in [1.807, 2.05) is 0 Å². The molecular weight excluding hydrogens is 208 g/mol. The molecule has 1 aliphatic heterocycles. The summed E-state index contributed by atoms with van der Waals surface area (Å²) >= 11 is 0. The normalized spacial score (nSPS) is 31.4. The molecule has 1 saturated carbocycles. The molecule has 2 aliphatic rings. The van der Waals surface area contributed by atoms with E-state index in [1.165, 1.54) is 45.3 Å². The maximum Gasteiger partial charge on any atom is 0.0127 e. The van der Waals surface area contributed by atoms with E-state index < -0.39 is 0 Å². The van der Waals surface area contributed by atoms with E-state index in [0.717, 1.165) is 12.0 Å². The van der Waals surface area contributed by atoms with Gasteiger partial charge in [-0.25, -0.2) is 0 Å². The van der Waals surface area contributed by atoms with E-state index in [4.69, 9.17) is 0 Å². The molecule has 0 spiro atoms. The van der Waals surface area contributed by atoms with Gasteiger partial charge in [-0.2, -0.15) is 0 Å². The fourth-order valence-electron chi connectivity index (χ4n) is 3.20. The summed E-state index contributed by atoms with van der Waals surface area (Å²) in [6.07, 6.45) is 5.45. The minimum atomic E-state index is 0.567. The molecule has 100 valence electrons. The summed E-state index contributed by atoms with van der Waals surface area (Å²) in [5.74, 6) is 0.902. The van der Waals surface area contributed by atoms with Crippen molar-refractivity contribution in [3.63, 3.8) is 0 Å². The third-order valence-electron chi connectivity index (χ3n) is 4.86. The highest BCUT2D eigenvalue weighted by atomic mass is 15.1. The van der Waals surface area contributed by atoms with Crippen LogP contribution in [0.5, 0.6) is 0 Å². The van der Waals surface area contributed by atoms with Gasteiger partial charge >= 0.3 is 0 Å². The first kappa shape index (κ1) is 13.4. The summed E-state index contributed by atoms with van der Waals surface area (Å²) in [5, 5.41) is 3.84. The Morgan fingerprint density at radius 2 is 1.88 bits per heavy atom. The maximum absolute atomic E-state index is 3.84. The molecule has 17 heavy (non-hydrogen) atoms. The average Bonchev–Trinajstić information content (AvgIpc) is 2.87. The number of hydrogen-bond donors (Lipinski definition) is 1. The Bertz CT molecular complexity index is 241. The first-order valence-electron chi connectivity index (χ1n) is 7.51. The van der Waals surface area contributed by atoms with Gasteiger partial charge in [0.2, 0.25) is 0 Å². The first-order valence-corrected chi connectivity index (χ1v) is 7.51. The lowest BCUT2D eigenvalue weighted by Crippen LogP contribution is -2.43. The van der Waals surface area contributed by atoms with Crippen LogP contribution >= 0.6 is 0 Å². The standard InChI is InChI=1S/C15H30N2/c1-5-8-17-9-6-13(7-10-17)12(2)16-14-11-15(14,3)4/h12-14,16H,5-11H2,1-4H3. The van der Waals surface area contributed by atoms with Crippen molar-refractivity contribution in [1.29, 1.82) is 0 Å². The monoisotopic (exact) mass is 238 g/mol. The van der Waals surface area contributed by atoms with Crippen LogP contribution in [0.25, 0.3) is 0 Å². The molecule has 2 fully saturated rings. The molecule has 2 unspecified atom stereocenters. The van der Waals surface area contributed by atoms with Crippen molar-refractivity contribution in [3.8, 4) is 0 Å². The van der Waals surface area contributed by atoms with Gasteiger partial charge in [0.25, 0.3) is 0 Å². The molecule has 0 amide bonds. The zero-order valence-corrected chi connectivity index (χ0v) is 12.1. The molecule has 0 radical (unpaired) electrons. The molecule has 1 aliphatic carbocycles. The van der Waals surface area contributed by atoms with Crippen LogP contribution in [-0.4, -0.2) is 36.6 Å². The van der Waals surface area contributed by atoms with Crippen LogP contribution in [0, 0.1) is 11.3 Å². The van der Waals surface area contributed by atoms with Gasteiger partial charge in [0.05, 0.1) is 0 Å². The van der Waals surface area contributed by atoms with Crippen LogP contribution in [-0.2, 0) is 0 Å². The molecule has 2 heteroatoms. The van der Waals surface area contributed by atoms with Crippen LogP contribution in [0.3, 0.4) is 0 Å². The van der Waals surface area contributed by atoms with E-state index >= 15 is 0 Å². The van der Waals surface area contributed by atoms with E-state index in [-0.39, 0.29) is 0 Å². The second-order valence-corrected chi connectivity index (χ2v) is 6.88. The lowest BCUT2D eigenvalue weighted by atomic mass is 9.90. The number of likely N-dealkylation sites (tertiary alicyclic amines) is 1. The number of nitrogens with zero attached hydrogens (tertiary/aromatic N) is 1. The van der Waals surface area contributed by atoms with Crippen LogP contribution in [0.2, 0.25) is 0 Å². The van der Waals surface area contributed by atoms with Gasteiger partial charge in [0.15, 0.2) is 0 Å². The number of nitrogens with one attached hydrogen (secondary N) is 1. The van der Waals surface area contributed by atoms with Crippen LogP contribution in [0.4, 0.5) is 0 Å². The second-order valence-electron chi connectivity index (χ2n) is 6.88. The Labute approximate surface area is 107 Å². The maximum atomic E-state index is 3.84. The zero-order valence-electron chi connectivity index (χ0n) is 12.1. The van der Waals surface area contributed by atoms with E-state index in [0.29, 0.717) is 11.5 Å². The second kappa shape index (κ2) is 5.27. The Kier molecular flexibility index (Phi) is 4.14. The smallest absolute Gasteiger partial charge is 0.0127 e. The fraction of sp³-hybridized carbons (Fsp3) is 1.00. The Balaban J connectivity index is 1.69. The van der Waals surface area contributed by atoms with E-state index in [2.05, 4.69) is 37.9 Å². The summed E-state index contributed by atoms with van der Waals surface area (Å²) in [6, 6.07) is 1.50. The summed E-state index contributed by atoms with van der Waals surface area (Å²) in [6.45, 7) is 13.4. The fourth-order valence-corrected chi connectivity index (χ4v) is 3.20. The van der Waals surface area contributed by atoms with Gasteiger partial charge in [0.1, 0.15) is 0 Å².